The first kappa shape index (κ1) is 15.1. The maximum atomic E-state index is 11.2. The lowest BCUT2D eigenvalue weighted by atomic mass is 10.0. The minimum atomic E-state index is -1.31. The summed E-state index contributed by atoms with van der Waals surface area (Å²) in [5.74, 6) is -1.23. The second-order valence-corrected chi connectivity index (χ2v) is 3.76. The molecule has 104 valence electrons. The number of aliphatic hydroxyl groups is 2. The first-order valence-corrected chi connectivity index (χ1v) is 5.46. The molecule has 7 nitrogen and oxygen atoms in total. The highest BCUT2D eigenvalue weighted by Crippen LogP contribution is 2.18. The summed E-state index contributed by atoms with van der Waals surface area (Å²) < 4.78 is 8.86. The maximum absolute atomic E-state index is 11.2. The van der Waals surface area contributed by atoms with Crippen molar-refractivity contribution < 1.29 is 29.3 Å². The number of aromatic nitrogens is 1. The summed E-state index contributed by atoms with van der Waals surface area (Å²) >= 11 is 0. The molecule has 7 heteroatoms. The van der Waals surface area contributed by atoms with E-state index < -0.39 is 24.1 Å². The van der Waals surface area contributed by atoms with Crippen LogP contribution in [0.3, 0.4) is 0 Å². The molecule has 0 amide bonds. The van der Waals surface area contributed by atoms with E-state index in [1.54, 1.807) is 0 Å². The van der Waals surface area contributed by atoms with Crippen molar-refractivity contribution in [2.75, 3.05) is 14.2 Å². The summed E-state index contributed by atoms with van der Waals surface area (Å²) in [6, 6.07) is 2.78. The number of aliphatic hydroxyl groups excluding tert-OH is 2. The van der Waals surface area contributed by atoms with Crippen molar-refractivity contribution in [3.05, 3.63) is 29.6 Å². The lowest BCUT2D eigenvalue weighted by Crippen LogP contribution is -2.22. The zero-order valence-corrected chi connectivity index (χ0v) is 10.6. The van der Waals surface area contributed by atoms with Crippen LogP contribution in [0.1, 0.15) is 28.6 Å². The molecule has 19 heavy (non-hydrogen) atoms. The Morgan fingerprint density at radius 2 is 1.95 bits per heavy atom. The number of methoxy groups -OCH3 is 2. The van der Waals surface area contributed by atoms with Crippen LogP contribution in [0, 0.1) is 0 Å². The minimum Gasteiger partial charge on any atom is -0.469 e. The van der Waals surface area contributed by atoms with E-state index in [1.165, 1.54) is 32.5 Å². The van der Waals surface area contributed by atoms with Gasteiger partial charge in [-0.1, -0.05) is 6.07 Å². The molecule has 0 aliphatic heterocycles. The smallest absolute Gasteiger partial charge is 0.356 e. The molecule has 0 fully saturated rings. The van der Waals surface area contributed by atoms with E-state index >= 15 is 0 Å². The minimum absolute atomic E-state index is 0.0842. The van der Waals surface area contributed by atoms with E-state index in [0.717, 1.165) is 0 Å². The fraction of sp³-hybridized carbons (Fsp3) is 0.417. The van der Waals surface area contributed by atoms with Crippen LogP contribution in [-0.2, 0) is 14.3 Å². The predicted molar refractivity (Wildman–Crippen MR) is 63.2 cm³/mol. The molecule has 0 aliphatic carbocycles. The number of ether oxygens (including phenoxy) is 2. The lowest BCUT2D eigenvalue weighted by molar-refractivity contribution is -0.144. The molecule has 0 aromatic carbocycles. The van der Waals surface area contributed by atoms with E-state index in [2.05, 4.69) is 14.5 Å². The van der Waals surface area contributed by atoms with E-state index in [1.807, 2.05) is 0 Å². The van der Waals surface area contributed by atoms with Crippen molar-refractivity contribution in [1.29, 1.82) is 0 Å². The standard InChI is InChI=1S/C12H15NO6/c1-18-10(15)5-9(14)11(16)7-3-4-8(13-6-7)12(17)19-2/h3-4,6,9,11,14,16H,5H2,1-2H3. The molecule has 2 atom stereocenters. The van der Waals surface area contributed by atoms with Crippen LogP contribution in [0.25, 0.3) is 0 Å². The fourth-order valence-corrected chi connectivity index (χ4v) is 1.39. The van der Waals surface area contributed by atoms with Gasteiger partial charge in [0.2, 0.25) is 0 Å². The maximum Gasteiger partial charge on any atom is 0.356 e. The topological polar surface area (TPSA) is 106 Å². The highest BCUT2D eigenvalue weighted by atomic mass is 16.5. The van der Waals surface area contributed by atoms with Gasteiger partial charge in [0, 0.05) is 11.8 Å². The number of hydrogen-bond donors (Lipinski definition) is 2. The third kappa shape index (κ3) is 4.01. The summed E-state index contributed by atoms with van der Waals surface area (Å²) in [7, 11) is 2.42. The van der Waals surface area contributed by atoms with Crippen molar-refractivity contribution >= 4 is 11.9 Å². The number of carbonyl (C=O) groups is 2. The Hall–Kier alpha value is -1.99. The fourth-order valence-electron chi connectivity index (χ4n) is 1.39. The number of nitrogens with zero attached hydrogens (tertiary/aromatic N) is 1. The van der Waals surface area contributed by atoms with Crippen LogP contribution in [0.2, 0.25) is 0 Å². The monoisotopic (exact) mass is 269 g/mol. The van der Waals surface area contributed by atoms with Gasteiger partial charge in [-0.2, -0.15) is 0 Å². The molecule has 0 bridgehead atoms. The van der Waals surface area contributed by atoms with Crippen LogP contribution >= 0.6 is 0 Å². The quantitative estimate of drug-likeness (QED) is 0.714. The first-order chi connectivity index (χ1) is 8.99. The number of rotatable bonds is 5. The van der Waals surface area contributed by atoms with Gasteiger partial charge in [-0.15, -0.1) is 0 Å². The molecule has 1 heterocycles. The van der Waals surface area contributed by atoms with Crippen LogP contribution in [0.5, 0.6) is 0 Å². The average molecular weight is 269 g/mol. The molecule has 0 spiro atoms. The molecule has 0 aliphatic rings. The zero-order valence-electron chi connectivity index (χ0n) is 10.6. The molecular weight excluding hydrogens is 254 g/mol. The number of carbonyl (C=O) groups excluding carboxylic acids is 2. The SMILES string of the molecule is COC(=O)CC(O)C(O)c1ccc(C(=O)OC)nc1. The summed E-state index contributed by atoms with van der Waals surface area (Å²) in [5, 5.41) is 19.4. The second-order valence-electron chi connectivity index (χ2n) is 3.76. The Kier molecular flexibility index (Phi) is 5.40. The average Bonchev–Trinajstić information content (AvgIpc) is 2.45. The van der Waals surface area contributed by atoms with Crippen LogP contribution < -0.4 is 0 Å². The first-order valence-electron chi connectivity index (χ1n) is 5.46. The van der Waals surface area contributed by atoms with E-state index in [0.29, 0.717) is 0 Å². The highest BCUT2D eigenvalue weighted by Gasteiger charge is 2.22. The van der Waals surface area contributed by atoms with Crippen molar-refractivity contribution in [1.82, 2.24) is 4.98 Å². The van der Waals surface area contributed by atoms with Gasteiger partial charge in [-0.3, -0.25) is 4.79 Å². The van der Waals surface area contributed by atoms with Gasteiger partial charge in [-0.05, 0) is 6.07 Å². The Morgan fingerprint density at radius 1 is 1.26 bits per heavy atom. The molecule has 2 unspecified atom stereocenters. The molecule has 0 radical (unpaired) electrons. The molecule has 1 aromatic rings. The molecule has 0 saturated heterocycles. The molecular formula is C12H15NO6. The second kappa shape index (κ2) is 6.81. The summed E-state index contributed by atoms with van der Waals surface area (Å²) in [6.45, 7) is 0. The molecule has 2 N–H and O–H groups in total. The van der Waals surface area contributed by atoms with Crippen molar-refractivity contribution in [2.45, 2.75) is 18.6 Å². The van der Waals surface area contributed by atoms with E-state index in [9.17, 15) is 19.8 Å². The predicted octanol–water partition coefficient (Wildman–Crippen LogP) is -0.174. The van der Waals surface area contributed by atoms with Crippen LogP contribution in [0.15, 0.2) is 18.3 Å². The Bertz CT molecular complexity index is 444. The Labute approximate surface area is 109 Å². The van der Waals surface area contributed by atoms with Gasteiger partial charge in [0.25, 0.3) is 0 Å². The third-order valence-corrected chi connectivity index (χ3v) is 2.49. The molecule has 1 aromatic heterocycles. The third-order valence-electron chi connectivity index (χ3n) is 2.49. The Morgan fingerprint density at radius 3 is 2.42 bits per heavy atom. The largest absolute Gasteiger partial charge is 0.469 e. The molecule has 0 saturated carbocycles. The van der Waals surface area contributed by atoms with Gasteiger partial charge in [-0.25, -0.2) is 9.78 Å². The van der Waals surface area contributed by atoms with Gasteiger partial charge in [0.1, 0.15) is 11.8 Å². The van der Waals surface area contributed by atoms with Crippen LogP contribution in [0.4, 0.5) is 0 Å². The molecule has 1 rings (SSSR count). The zero-order chi connectivity index (χ0) is 14.4. The summed E-state index contributed by atoms with van der Waals surface area (Å²) in [5.41, 5.74) is 0.366. The van der Waals surface area contributed by atoms with E-state index in [-0.39, 0.29) is 17.7 Å². The van der Waals surface area contributed by atoms with Crippen molar-refractivity contribution in [3.63, 3.8) is 0 Å². The van der Waals surface area contributed by atoms with Gasteiger partial charge < -0.3 is 19.7 Å². The normalized spacial score (nSPS) is 13.5. The van der Waals surface area contributed by atoms with Gasteiger partial charge in [0.05, 0.1) is 26.7 Å². The number of esters is 2. The van der Waals surface area contributed by atoms with E-state index in [4.69, 9.17) is 0 Å². The van der Waals surface area contributed by atoms with Gasteiger partial charge >= 0.3 is 11.9 Å². The number of pyridine rings is 1. The Balaban J connectivity index is 2.74. The van der Waals surface area contributed by atoms with Crippen molar-refractivity contribution in [2.24, 2.45) is 0 Å². The summed E-state index contributed by atoms with van der Waals surface area (Å²) in [4.78, 5) is 25.9. The highest BCUT2D eigenvalue weighted by molar-refractivity contribution is 5.86. The van der Waals surface area contributed by atoms with Gasteiger partial charge in [0.15, 0.2) is 0 Å². The number of hydrogen-bond acceptors (Lipinski definition) is 7. The van der Waals surface area contributed by atoms with Crippen molar-refractivity contribution in [3.8, 4) is 0 Å². The lowest BCUT2D eigenvalue weighted by Gasteiger charge is -2.16. The van der Waals surface area contributed by atoms with Crippen LogP contribution in [-0.4, -0.2) is 47.5 Å². The summed E-state index contributed by atoms with van der Waals surface area (Å²) in [6.07, 6.45) is -1.70.